The zero-order valence-electron chi connectivity index (χ0n) is 14.2. The van der Waals surface area contributed by atoms with Gasteiger partial charge in [0.25, 0.3) is 0 Å². The Bertz CT molecular complexity index is 847. The molecule has 7 heteroatoms. The van der Waals surface area contributed by atoms with E-state index in [9.17, 15) is 14.0 Å². The minimum absolute atomic E-state index is 0.227. The first kappa shape index (κ1) is 16.1. The van der Waals surface area contributed by atoms with Gasteiger partial charge in [0, 0.05) is 37.6 Å². The summed E-state index contributed by atoms with van der Waals surface area (Å²) in [6.45, 7) is 1.27. The number of amides is 2. The molecule has 1 aromatic carbocycles. The van der Waals surface area contributed by atoms with E-state index >= 15 is 0 Å². The van der Waals surface area contributed by atoms with E-state index in [1.165, 1.54) is 0 Å². The van der Waals surface area contributed by atoms with Gasteiger partial charge >= 0.3 is 0 Å². The fraction of sp³-hybridized carbons (Fsp3) is 0.500. The molecule has 1 aromatic heterocycles. The number of nitrogens with zero attached hydrogens (tertiary/aromatic N) is 3. The lowest BCUT2D eigenvalue weighted by atomic mass is 9.92. The summed E-state index contributed by atoms with van der Waals surface area (Å²) < 4.78 is 15.5. The van der Waals surface area contributed by atoms with Crippen molar-refractivity contribution < 1.29 is 14.0 Å². The quantitative estimate of drug-likeness (QED) is 0.847. The standard InChI is InChI=1S/C18H21FN4O2/c1-22-15-9-12(23-8-2-3-11(19)10-23)4-5-13(15)17(21-22)14-6-7-16(24)20-18(14)25/h4-5,9,11,14H,2-3,6-8,10H2,1H3,(H,20,24,25). The predicted molar refractivity (Wildman–Crippen MR) is 92.2 cm³/mol. The van der Waals surface area contributed by atoms with Gasteiger partial charge in [-0.3, -0.25) is 19.6 Å². The molecule has 0 saturated carbocycles. The second-order valence-corrected chi connectivity index (χ2v) is 6.90. The number of aryl methyl sites for hydroxylation is 1. The van der Waals surface area contributed by atoms with Crippen molar-refractivity contribution in [2.45, 2.75) is 37.8 Å². The molecular weight excluding hydrogens is 323 g/mol. The molecule has 1 N–H and O–H groups in total. The highest BCUT2D eigenvalue weighted by Crippen LogP contribution is 2.32. The number of imide groups is 1. The molecule has 2 amide bonds. The highest BCUT2D eigenvalue weighted by Gasteiger charge is 2.31. The molecule has 2 atom stereocenters. The summed E-state index contributed by atoms with van der Waals surface area (Å²) in [6, 6.07) is 5.94. The number of alkyl halides is 1. The summed E-state index contributed by atoms with van der Waals surface area (Å²) in [7, 11) is 1.84. The Morgan fingerprint density at radius 1 is 1.28 bits per heavy atom. The van der Waals surface area contributed by atoms with Crippen LogP contribution in [0, 0.1) is 0 Å². The maximum absolute atomic E-state index is 13.7. The number of halogens is 1. The smallest absolute Gasteiger partial charge is 0.235 e. The SMILES string of the molecule is Cn1nc(C2CCC(=O)NC2=O)c2ccc(N3CCCC(F)C3)cc21. The molecule has 132 valence electrons. The minimum Gasteiger partial charge on any atom is -0.369 e. The Hall–Kier alpha value is -2.44. The van der Waals surface area contributed by atoms with Crippen LogP contribution < -0.4 is 10.2 Å². The van der Waals surface area contributed by atoms with Crippen molar-refractivity contribution in [1.82, 2.24) is 15.1 Å². The summed E-state index contributed by atoms with van der Waals surface area (Å²) in [4.78, 5) is 25.6. The number of anilines is 1. The van der Waals surface area contributed by atoms with Gasteiger partial charge in [0.05, 0.1) is 17.1 Å². The lowest BCUT2D eigenvalue weighted by Gasteiger charge is -2.31. The van der Waals surface area contributed by atoms with Crippen LogP contribution in [-0.4, -0.2) is 40.9 Å². The van der Waals surface area contributed by atoms with Crippen LogP contribution >= 0.6 is 0 Å². The monoisotopic (exact) mass is 344 g/mol. The second kappa shape index (κ2) is 6.13. The molecule has 0 aliphatic carbocycles. The Morgan fingerprint density at radius 3 is 2.88 bits per heavy atom. The van der Waals surface area contributed by atoms with E-state index in [0.717, 1.165) is 29.6 Å². The van der Waals surface area contributed by atoms with Crippen molar-refractivity contribution in [3.8, 4) is 0 Å². The zero-order valence-corrected chi connectivity index (χ0v) is 14.2. The Balaban J connectivity index is 1.69. The van der Waals surface area contributed by atoms with Crippen LogP contribution in [0.25, 0.3) is 10.9 Å². The van der Waals surface area contributed by atoms with Crippen molar-refractivity contribution in [2.75, 3.05) is 18.0 Å². The fourth-order valence-electron chi connectivity index (χ4n) is 3.84. The summed E-state index contributed by atoms with van der Waals surface area (Å²) in [5.41, 5.74) is 2.60. The fourth-order valence-corrected chi connectivity index (χ4v) is 3.84. The molecule has 2 unspecified atom stereocenters. The van der Waals surface area contributed by atoms with Crippen LogP contribution in [0.2, 0.25) is 0 Å². The Kier molecular flexibility index (Phi) is 3.94. The van der Waals surface area contributed by atoms with Crippen LogP contribution in [0.1, 0.15) is 37.3 Å². The number of rotatable bonds is 2. The van der Waals surface area contributed by atoms with E-state index in [1.54, 1.807) is 4.68 Å². The molecule has 0 bridgehead atoms. The highest BCUT2D eigenvalue weighted by molar-refractivity contribution is 6.02. The van der Waals surface area contributed by atoms with Crippen molar-refractivity contribution in [1.29, 1.82) is 0 Å². The lowest BCUT2D eigenvalue weighted by molar-refractivity contribution is -0.134. The molecule has 4 rings (SSSR count). The zero-order chi connectivity index (χ0) is 17.6. The number of benzene rings is 1. The van der Waals surface area contributed by atoms with Crippen molar-refractivity contribution in [3.05, 3.63) is 23.9 Å². The van der Waals surface area contributed by atoms with E-state index < -0.39 is 12.1 Å². The number of hydrogen-bond donors (Lipinski definition) is 1. The second-order valence-electron chi connectivity index (χ2n) is 6.90. The first-order chi connectivity index (χ1) is 12.0. The molecule has 2 aliphatic heterocycles. The van der Waals surface area contributed by atoms with Crippen LogP contribution in [0.4, 0.5) is 10.1 Å². The number of carbonyl (C=O) groups is 2. The third-order valence-electron chi connectivity index (χ3n) is 5.16. The number of aromatic nitrogens is 2. The van der Waals surface area contributed by atoms with E-state index in [-0.39, 0.29) is 11.8 Å². The van der Waals surface area contributed by atoms with Crippen molar-refractivity contribution in [2.24, 2.45) is 7.05 Å². The van der Waals surface area contributed by atoms with Gasteiger partial charge in [-0.05, 0) is 37.5 Å². The molecule has 3 heterocycles. The minimum atomic E-state index is -0.782. The third-order valence-corrected chi connectivity index (χ3v) is 5.16. The lowest BCUT2D eigenvalue weighted by Crippen LogP contribution is -2.39. The van der Waals surface area contributed by atoms with Crippen molar-refractivity contribution >= 4 is 28.4 Å². The molecule has 2 saturated heterocycles. The van der Waals surface area contributed by atoms with Crippen LogP contribution in [0.5, 0.6) is 0 Å². The van der Waals surface area contributed by atoms with Gasteiger partial charge in [-0.25, -0.2) is 4.39 Å². The average molecular weight is 344 g/mol. The van der Waals surface area contributed by atoms with E-state index in [4.69, 9.17) is 0 Å². The molecule has 25 heavy (non-hydrogen) atoms. The number of piperidine rings is 2. The van der Waals surface area contributed by atoms with Gasteiger partial charge in [0.15, 0.2) is 0 Å². The van der Waals surface area contributed by atoms with E-state index in [1.807, 2.05) is 25.2 Å². The van der Waals surface area contributed by atoms with Crippen LogP contribution in [0.3, 0.4) is 0 Å². The molecule has 0 spiro atoms. The average Bonchev–Trinajstić information content (AvgIpc) is 2.91. The summed E-state index contributed by atoms with van der Waals surface area (Å²) in [6.07, 6.45) is 1.51. The van der Waals surface area contributed by atoms with Crippen LogP contribution in [-0.2, 0) is 16.6 Å². The first-order valence-corrected chi connectivity index (χ1v) is 8.72. The largest absolute Gasteiger partial charge is 0.369 e. The molecule has 2 fully saturated rings. The Morgan fingerprint density at radius 2 is 2.12 bits per heavy atom. The van der Waals surface area contributed by atoms with Gasteiger partial charge < -0.3 is 4.90 Å². The topological polar surface area (TPSA) is 67.2 Å². The molecular formula is C18H21FN4O2. The molecule has 0 radical (unpaired) electrons. The molecule has 2 aliphatic rings. The van der Waals surface area contributed by atoms with Gasteiger partial charge in [-0.15, -0.1) is 0 Å². The maximum Gasteiger partial charge on any atom is 0.235 e. The first-order valence-electron chi connectivity index (χ1n) is 8.72. The summed E-state index contributed by atoms with van der Waals surface area (Å²) in [5.74, 6) is -0.913. The number of fused-ring (bicyclic) bond motifs is 1. The molecule has 2 aromatic rings. The van der Waals surface area contributed by atoms with E-state index in [0.29, 0.717) is 31.5 Å². The van der Waals surface area contributed by atoms with Crippen molar-refractivity contribution in [3.63, 3.8) is 0 Å². The van der Waals surface area contributed by atoms with Gasteiger partial charge in [-0.2, -0.15) is 5.10 Å². The predicted octanol–water partition coefficient (Wildman–Crippen LogP) is 2.03. The molecule has 6 nitrogen and oxygen atoms in total. The summed E-state index contributed by atoms with van der Waals surface area (Å²) >= 11 is 0. The maximum atomic E-state index is 13.7. The highest BCUT2D eigenvalue weighted by atomic mass is 19.1. The third kappa shape index (κ3) is 2.88. The van der Waals surface area contributed by atoms with E-state index in [2.05, 4.69) is 15.3 Å². The Labute approximate surface area is 145 Å². The van der Waals surface area contributed by atoms with Gasteiger partial charge in [0.1, 0.15) is 6.17 Å². The van der Waals surface area contributed by atoms with Gasteiger partial charge in [-0.1, -0.05) is 0 Å². The number of hydrogen-bond acceptors (Lipinski definition) is 4. The number of carbonyl (C=O) groups excluding carboxylic acids is 2. The van der Waals surface area contributed by atoms with Crippen LogP contribution in [0.15, 0.2) is 18.2 Å². The summed E-state index contributed by atoms with van der Waals surface area (Å²) in [5, 5.41) is 7.85. The normalized spacial score (nSPS) is 24.6. The van der Waals surface area contributed by atoms with Gasteiger partial charge in [0.2, 0.25) is 11.8 Å². The number of nitrogens with one attached hydrogen (secondary N) is 1.